The molecule has 4 heterocycles. The SMILES string of the molecule is COc1ccc(C(=O)C2C(C(=O)c3cccnc3)C3(C(=O)Nc4ccccc43)C3c4ccccc4C=CN23)c(OC)c1. The van der Waals surface area contributed by atoms with Crippen molar-refractivity contribution in [2.24, 2.45) is 5.92 Å². The van der Waals surface area contributed by atoms with E-state index in [1.165, 1.54) is 20.4 Å². The molecule has 8 heteroatoms. The van der Waals surface area contributed by atoms with Gasteiger partial charge in [0.15, 0.2) is 11.6 Å². The Hall–Kier alpha value is -5.24. The number of hydrogen-bond acceptors (Lipinski definition) is 7. The number of para-hydroxylation sites is 1. The number of Topliss-reactive ketones (excluding diaryl/α,β-unsaturated/α-hetero) is 2. The number of methoxy groups -OCH3 is 2. The van der Waals surface area contributed by atoms with E-state index in [1.54, 1.807) is 36.5 Å². The summed E-state index contributed by atoms with van der Waals surface area (Å²) in [7, 11) is 3.02. The first kappa shape index (κ1) is 25.7. The van der Waals surface area contributed by atoms with Crippen molar-refractivity contribution in [1.29, 1.82) is 0 Å². The average Bonchev–Trinajstić information content (AvgIpc) is 3.52. The van der Waals surface area contributed by atoms with Crippen LogP contribution < -0.4 is 14.8 Å². The van der Waals surface area contributed by atoms with Crippen LogP contribution in [-0.4, -0.2) is 47.6 Å². The molecule has 1 spiro atoms. The second-order valence-corrected chi connectivity index (χ2v) is 10.6. The Morgan fingerprint density at radius 2 is 1.74 bits per heavy atom. The van der Waals surface area contributed by atoms with Gasteiger partial charge in [0.2, 0.25) is 5.91 Å². The number of pyridine rings is 1. The molecule has 0 saturated carbocycles. The van der Waals surface area contributed by atoms with E-state index in [1.807, 2.05) is 65.7 Å². The maximum absolute atomic E-state index is 14.8. The minimum atomic E-state index is -1.41. The lowest BCUT2D eigenvalue weighted by molar-refractivity contribution is -0.122. The number of ketones is 2. The van der Waals surface area contributed by atoms with Gasteiger partial charge in [-0.05, 0) is 53.1 Å². The van der Waals surface area contributed by atoms with Crippen LogP contribution in [0.1, 0.15) is 43.4 Å². The molecule has 7 rings (SSSR count). The van der Waals surface area contributed by atoms with Crippen LogP contribution in [0.3, 0.4) is 0 Å². The third-order valence-corrected chi connectivity index (χ3v) is 8.74. The molecule has 1 amide bonds. The molecule has 3 aromatic carbocycles. The van der Waals surface area contributed by atoms with Crippen molar-refractivity contribution < 1.29 is 23.9 Å². The van der Waals surface area contributed by atoms with E-state index >= 15 is 0 Å². The van der Waals surface area contributed by atoms with Gasteiger partial charge < -0.3 is 19.7 Å². The topological polar surface area (TPSA) is 97.8 Å². The summed E-state index contributed by atoms with van der Waals surface area (Å²) in [6, 6.07) is 21.9. The maximum atomic E-state index is 14.8. The summed E-state index contributed by atoms with van der Waals surface area (Å²) in [5.74, 6) is -1.22. The molecule has 3 aliphatic rings. The van der Waals surface area contributed by atoms with E-state index in [9.17, 15) is 14.4 Å². The summed E-state index contributed by atoms with van der Waals surface area (Å²) in [6.07, 6.45) is 6.86. The molecule has 0 radical (unpaired) electrons. The normalized spacial score (nSPS) is 23.1. The molecule has 3 aliphatic heterocycles. The number of fused-ring (bicyclic) bond motifs is 6. The fraction of sp³-hybridized carbons (Fsp3) is 0.176. The summed E-state index contributed by atoms with van der Waals surface area (Å²) >= 11 is 0. The van der Waals surface area contributed by atoms with Crippen LogP contribution in [0.4, 0.5) is 5.69 Å². The molecular weight excluding hydrogens is 530 g/mol. The molecule has 1 aromatic heterocycles. The number of hydrogen-bond donors (Lipinski definition) is 1. The molecule has 1 fully saturated rings. The zero-order valence-corrected chi connectivity index (χ0v) is 23.0. The Kier molecular flexibility index (Phi) is 5.93. The van der Waals surface area contributed by atoms with Crippen LogP contribution in [0.5, 0.6) is 11.5 Å². The van der Waals surface area contributed by atoms with Gasteiger partial charge in [-0.15, -0.1) is 0 Å². The molecule has 1 N–H and O–H groups in total. The minimum absolute atomic E-state index is 0.294. The highest BCUT2D eigenvalue weighted by molar-refractivity contribution is 6.17. The Balaban J connectivity index is 1.53. The van der Waals surface area contributed by atoms with Crippen LogP contribution in [0, 0.1) is 5.92 Å². The zero-order chi connectivity index (χ0) is 29.0. The summed E-state index contributed by atoms with van der Waals surface area (Å²) < 4.78 is 11.0. The number of benzene rings is 3. The smallest absolute Gasteiger partial charge is 0.238 e. The molecule has 4 aromatic rings. The zero-order valence-electron chi connectivity index (χ0n) is 23.0. The van der Waals surface area contributed by atoms with E-state index in [4.69, 9.17) is 9.47 Å². The van der Waals surface area contributed by atoms with Crippen molar-refractivity contribution in [3.63, 3.8) is 0 Å². The van der Waals surface area contributed by atoms with Crippen LogP contribution >= 0.6 is 0 Å². The second-order valence-electron chi connectivity index (χ2n) is 10.6. The Bertz CT molecular complexity index is 1790. The number of carbonyl (C=O) groups is 3. The average molecular weight is 558 g/mol. The standard InChI is InChI=1S/C34H27N3O5/c1-41-22-13-14-24(27(18-22)42-2)31(39)29-28(30(38)21-9-7-16-35-19-21)34(25-11-5-6-12-26(25)36-33(34)40)32-23-10-4-3-8-20(23)15-17-37(29)32/h3-19,28-29,32H,1-2H3,(H,36,40). The highest BCUT2D eigenvalue weighted by atomic mass is 16.5. The van der Waals surface area contributed by atoms with Crippen molar-refractivity contribution in [2.75, 3.05) is 19.5 Å². The molecule has 0 aliphatic carbocycles. The number of rotatable bonds is 6. The van der Waals surface area contributed by atoms with Crippen molar-refractivity contribution in [3.8, 4) is 11.5 Å². The van der Waals surface area contributed by atoms with Crippen LogP contribution in [-0.2, 0) is 10.2 Å². The first-order valence-electron chi connectivity index (χ1n) is 13.7. The number of nitrogens with one attached hydrogen (secondary N) is 1. The lowest BCUT2D eigenvalue weighted by Crippen LogP contribution is -2.49. The van der Waals surface area contributed by atoms with Crippen LogP contribution in [0.15, 0.2) is 97.5 Å². The predicted molar refractivity (Wildman–Crippen MR) is 157 cm³/mol. The fourth-order valence-corrected chi connectivity index (χ4v) is 7.02. The molecular formula is C34H27N3O5. The van der Waals surface area contributed by atoms with Crippen molar-refractivity contribution in [1.82, 2.24) is 9.88 Å². The summed E-state index contributed by atoms with van der Waals surface area (Å²) in [5, 5.41) is 3.06. The third kappa shape index (κ3) is 3.48. The number of aromatic nitrogens is 1. The van der Waals surface area contributed by atoms with E-state index in [2.05, 4.69) is 10.3 Å². The molecule has 8 nitrogen and oxygen atoms in total. The van der Waals surface area contributed by atoms with E-state index in [0.29, 0.717) is 33.9 Å². The molecule has 0 bridgehead atoms. The number of carbonyl (C=O) groups excluding carboxylic acids is 3. The fourth-order valence-electron chi connectivity index (χ4n) is 7.02. The Labute approximate surface area is 242 Å². The van der Waals surface area contributed by atoms with Gasteiger partial charge in [-0.2, -0.15) is 0 Å². The van der Waals surface area contributed by atoms with E-state index < -0.39 is 23.4 Å². The number of ether oxygens (including phenoxy) is 2. The first-order chi connectivity index (χ1) is 20.5. The van der Waals surface area contributed by atoms with Crippen LogP contribution in [0.2, 0.25) is 0 Å². The van der Waals surface area contributed by atoms with Gasteiger partial charge in [0.25, 0.3) is 0 Å². The second kappa shape index (κ2) is 9.69. The van der Waals surface area contributed by atoms with Gasteiger partial charge in [-0.3, -0.25) is 19.4 Å². The molecule has 42 heavy (non-hydrogen) atoms. The Morgan fingerprint density at radius 3 is 2.52 bits per heavy atom. The molecule has 208 valence electrons. The van der Waals surface area contributed by atoms with Crippen LogP contribution in [0.25, 0.3) is 6.08 Å². The van der Waals surface area contributed by atoms with Gasteiger partial charge in [0, 0.05) is 35.9 Å². The first-order valence-corrected chi connectivity index (χ1v) is 13.7. The number of amides is 1. The quantitative estimate of drug-likeness (QED) is 0.330. The summed E-state index contributed by atoms with van der Waals surface area (Å²) in [5.41, 5.74) is 2.33. The Morgan fingerprint density at radius 1 is 0.929 bits per heavy atom. The lowest BCUT2D eigenvalue weighted by atomic mass is 9.62. The van der Waals surface area contributed by atoms with Gasteiger partial charge in [-0.25, -0.2) is 0 Å². The number of nitrogens with zero attached hydrogens (tertiary/aromatic N) is 2. The molecule has 4 atom stereocenters. The lowest BCUT2D eigenvalue weighted by Gasteiger charge is -2.38. The van der Waals surface area contributed by atoms with E-state index in [0.717, 1.165) is 11.1 Å². The third-order valence-electron chi connectivity index (χ3n) is 8.74. The van der Waals surface area contributed by atoms with E-state index in [-0.39, 0.29) is 17.5 Å². The van der Waals surface area contributed by atoms with Gasteiger partial charge in [0.1, 0.15) is 23.0 Å². The maximum Gasteiger partial charge on any atom is 0.238 e. The van der Waals surface area contributed by atoms with Gasteiger partial charge >= 0.3 is 0 Å². The predicted octanol–water partition coefficient (Wildman–Crippen LogP) is 5.08. The highest BCUT2D eigenvalue weighted by Crippen LogP contribution is 2.62. The van der Waals surface area contributed by atoms with Crippen molar-refractivity contribution in [3.05, 3.63) is 125 Å². The monoisotopic (exact) mass is 557 g/mol. The van der Waals surface area contributed by atoms with Gasteiger partial charge in [0.05, 0.1) is 31.7 Å². The van der Waals surface area contributed by atoms with Crippen molar-refractivity contribution in [2.45, 2.75) is 17.5 Å². The number of anilines is 1. The minimum Gasteiger partial charge on any atom is -0.497 e. The molecule has 4 unspecified atom stereocenters. The van der Waals surface area contributed by atoms with Crippen molar-refractivity contribution >= 4 is 29.2 Å². The highest BCUT2D eigenvalue weighted by Gasteiger charge is 2.70. The summed E-state index contributed by atoms with van der Waals surface area (Å²) in [4.78, 5) is 50.1. The summed E-state index contributed by atoms with van der Waals surface area (Å²) in [6.45, 7) is 0. The largest absolute Gasteiger partial charge is 0.497 e. The molecule has 1 saturated heterocycles. The van der Waals surface area contributed by atoms with Gasteiger partial charge in [-0.1, -0.05) is 42.5 Å².